The van der Waals surface area contributed by atoms with Crippen molar-refractivity contribution in [1.82, 2.24) is 5.16 Å². The first-order valence-corrected chi connectivity index (χ1v) is 4.26. The molecule has 0 amide bonds. The van der Waals surface area contributed by atoms with E-state index in [-0.39, 0.29) is 0 Å². The third kappa shape index (κ3) is 1.22. The van der Waals surface area contributed by atoms with Gasteiger partial charge in [-0.25, -0.2) is 0 Å². The predicted molar refractivity (Wildman–Crippen MR) is 46.7 cm³/mol. The van der Waals surface area contributed by atoms with Crippen molar-refractivity contribution in [3.63, 3.8) is 0 Å². The largest absolute Gasteiger partial charge is 0.367 e. The summed E-state index contributed by atoms with van der Waals surface area (Å²) in [6, 6.07) is 0. The van der Waals surface area contributed by atoms with E-state index in [4.69, 9.17) is 10.3 Å². The number of nitrogens with zero attached hydrogens (tertiary/aromatic N) is 1. The average molecular weight is 164 g/mol. The van der Waals surface area contributed by atoms with Gasteiger partial charge in [-0.15, -0.1) is 0 Å². The Bertz CT molecular complexity index is 301. The maximum absolute atomic E-state index is 5.63. The first-order chi connectivity index (χ1) is 5.88. The van der Waals surface area contributed by atoms with Crippen molar-refractivity contribution in [2.75, 3.05) is 5.73 Å². The molecule has 2 N–H and O–H groups in total. The molecule has 3 nitrogen and oxygen atoms in total. The molecular weight excluding hydrogens is 152 g/mol. The molecule has 0 aliphatic heterocycles. The number of allylic oxidation sites excluding steroid dienone is 2. The van der Waals surface area contributed by atoms with Crippen molar-refractivity contribution < 1.29 is 4.52 Å². The summed E-state index contributed by atoms with van der Waals surface area (Å²) in [4.78, 5) is 0. The van der Waals surface area contributed by atoms with Gasteiger partial charge in [-0.2, -0.15) is 0 Å². The molecule has 2 rings (SSSR count). The number of aryl methyl sites for hydroxylation is 1. The van der Waals surface area contributed by atoms with Crippen molar-refractivity contribution in [2.24, 2.45) is 0 Å². The summed E-state index contributed by atoms with van der Waals surface area (Å²) in [6.07, 6.45) is 8.37. The number of nitrogen functional groups attached to an aromatic ring is 1. The Kier molecular flexibility index (Phi) is 1.86. The maximum Gasteiger partial charge on any atom is 0.225 e. The Morgan fingerprint density at radius 2 is 2.00 bits per heavy atom. The molecule has 3 heteroatoms. The van der Waals surface area contributed by atoms with Gasteiger partial charge in [-0.05, 0) is 25.7 Å². The van der Waals surface area contributed by atoms with E-state index in [1.165, 1.54) is 0 Å². The Labute approximate surface area is 71.2 Å². The molecule has 1 aromatic heterocycles. The van der Waals surface area contributed by atoms with Crippen molar-refractivity contribution in [2.45, 2.75) is 25.7 Å². The number of hydrogen-bond acceptors (Lipinski definition) is 3. The average Bonchev–Trinajstić information content (AvgIpc) is 2.31. The van der Waals surface area contributed by atoms with Crippen LogP contribution in [0.3, 0.4) is 0 Å². The second-order valence-corrected chi connectivity index (χ2v) is 3.02. The van der Waals surface area contributed by atoms with Crippen LogP contribution in [0.15, 0.2) is 16.7 Å². The van der Waals surface area contributed by atoms with Gasteiger partial charge in [0.1, 0.15) is 0 Å². The molecule has 1 aliphatic rings. The van der Waals surface area contributed by atoms with Gasteiger partial charge in [0.15, 0.2) is 0 Å². The van der Waals surface area contributed by atoms with Gasteiger partial charge >= 0.3 is 0 Å². The fourth-order valence-corrected chi connectivity index (χ4v) is 1.50. The molecule has 1 aromatic rings. The van der Waals surface area contributed by atoms with Gasteiger partial charge in [-0.3, -0.25) is 0 Å². The molecule has 0 fully saturated rings. The first-order valence-electron chi connectivity index (χ1n) is 4.26. The highest BCUT2D eigenvalue weighted by Gasteiger charge is 2.12. The Morgan fingerprint density at radius 3 is 2.83 bits per heavy atom. The molecule has 0 atom stereocenters. The van der Waals surface area contributed by atoms with Crippen LogP contribution in [0.25, 0.3) is 0 Å². The van der Waals surface area contributed by atoms with Crippen LogP contribution in [0.2, 0.25) is 0 Å². The zero-order valence-corrected chi connectivity index (χ0v) is 6.92. The van der Waals surface area contributed by atoms with Gasteiger partial charge in [0.05, 0.1) is 5.69 Å². The third-order valence-electron chi connectivity index (χ3n) is 2.18. The van der Waals surface area contributed by atoms with Crippen LogP contribution in [0, 0.1) is 0 Å². The highest BCUT2D eigenvalue weighted by molar-refractivity contribution is 5.39. The van der Waals surface area contributed by atoms with Crippen LogP contribution in [0.4, 0.5) is 5.88 Å². The Balaban J connectivity index is 2.31. The normalized spacial score (nSPS) is 19.3. The monoisotopic (exact) mass is 164 g/mol. The lowest BCUT2D eigenvalue weighted by atomic mass is 10.0. The van der Waals surface area contributed by atoms with Crippen LogP contribution in [-0.4, -0.2) is 5.16 Å². The molecule has 0 spiro atoms. The first kappa shape index (κ1) is 7.40. The van der Waals surface area contributed by atoms with E-state index < -0.39 is 0 Å². The van der Waals surface area contributed by atoms with Crippen molar-refractivity contribution in [3.8, 4) is 0 Å². The summed E-state index contributed by atoms with van der Waals surface area (Å²) < 4.78 is 4.93. The van der Waals surface area contributed by atoms with Crippen molar-refractivity contribution in [1.29, 1.82) is 0 Å². The lowest BCUT2D eigenvalue weighted by Crippen LogP contribution is -1.97. The molecule has 64 valence electrons. The molecule has 1 heterocycles. The minimum atomic E-state index is 0.500. The summed E-state index contributed by atoms with van der Waals surface area (Å²) in [5.74, 6) is 0.500. The van der Waals surface area contributed by atoms with E-state index in [1.807, 2.05) is 0 Å². The van der Waals surface area contributed by atoms with Crippen molar-refractivity contribution in [3.05, 3.63) is 23.4 Å². The second kappa shape index (κ2) is 3.01. The predicted octanol–water partition coefficient (Wildman–Crippen LogP) is 1.69. The Hall–Kier alpha value is -1.25. The highest BCUT2D eigenvalue weighted by Crippen LogP contribution is 2.21. The molecule has 12 heavy (non-hydrogen) atoms. The number of fused-ring (bicyclic) bond motifs is 1. The summed E-state index contributed by atoms with van der Waals surface area (Å²) in [5.41, 5.74) is 7.78. The molecule has 0 unspecified atom stereocenters. The van der Waals surface area contributed by atoms with E-state index >= 15 is 0 Å². The minimum absolute atomic E-state index is 0.500. The fourth-order valence-electron chi connectivity index (χ4n) is 1.50. The molecule has 0 radical (unpaired) electrons. The van der Waals surface area contributed by atoms with Crippen molar-refractivity contribution >= 4 is 5.88 Å². The maximum atomic E-state index is 5.63. The molecule has 0 saturated heterocycles. The van der Waals surface area contributed by atoms with Gasteiger partial charge in [-0.1, -0.05) is 17.3 Å². The summed E-state index contributed by atoms with van der Waals surface area (Å²) in [7, 11) is 0. The van der Waals surface area contributed by atoms with Gasteiger partial charge < -0.3 is 10.3 Å². The molecule has 1 aliphatic carbocycles. The number of anilines is 1. The second-order valence-electron chi connectivity index (χ2n) is 3.02. The van der Waals surface area contributed by atoms with Gasteiger partial charge in [0.2, 0.25) is 5.88 Å². The van der Waals surface area contributed by atoms with Crippen LogP contribution in [0.1, 0.15) is 24.1 Å². The summed E-state index contributed by atoms with van der Waals surface area (Å²) in [6.45, 7) is 0. The number of rotatable bonds is 0. The smallest absolute Gasteiger partial charge is 0.225 e. The topological polar surface area (TPSA) is 52.0 Å². The van der Waals surface area contributed by atoms with Crippen LogP contribution in [0.5, 0.6) is 0 Å². The van der Waals surface area contributed by atoms with E-state index in [0.717, 1.165) is 36.9 Å². The molecule has 0 aromatic carbocycles. The standard InChI is InChI=1S/C9H12N2O/c10-9-7-5-3-1-2-4-6-8(7)11-12-9/h1-2H,3-6,10H2/b2-1+. The zero-order chi connectivity index (χ0) is 8.39. The Morgan fingerprint density at radius 1 is 1.25 bits per heavy atom. The highest BCUT2D eigenvalue weighted by atomic mass is 16.5. The van der Waals surface area contributed by atoms with Crippen LogP contribution >= 0.6 is 0 Å². The summed E-state index contributed by atoms with van der Waals surface area (Å²) >= 11 is 0. The van der Waals surface area contributed by atoms with E-state index in [9.17, 15) is 0 Å². The van der Waals surface area contributed by atoms with Gasteiger partial charge in [0, 0.05) is 5.56 Å². The SMILES string of the molecule is Nc1onc2c1CC/C=C/CC2. The number of hydrogen-bond donors (Lipinski definition) is 1. The summed E-state index contributed by atoms with van der Waals surface area (Å²) in [5, 5.41) is 3.92. The minimum Gasteiger partial charge on any atom is -0.367 e. The molecular formula is C9H12N2O. The van der Waals surface area contributed by atoms with E-state index in [2.05, 4.69) is 17.3 Å². The van der Waals surface area contributed by atoms with Crippen LogP contribution < -0.4 is 5.73 Å². The lowest BCUT2D eigenvalue weighted by Gasteiger charge is -2.01. The molecule has 0 saturated carbocycles. The quantitative estimate of drug-likeness (QED) is 0.593. The van der Waals surface area contributed by atoms with Crippen LogP contribution in [-0.2, 0) is 12.8 Å². The molecule has 0 bridgehead atoms. The van der Waals surface area contributed by atoms with Gasteiger partial charge in [0.25, 0.3) is 0 Å². The van der Waals surface area contributed by atoms with E-state index in [1.54, 1.807) is 0 Å². The lowest BCUT2D eigenvalue weighted by molar-refractivity contribution is 0.427. The van der Waals surface area contributed by atoms with E-state index in [0.29, 0.717) is 5.88 Å². The number of aromatic nitrogens is 1. The third-order valence-corrected chi connectivity index (χ3v) is 2.18. The fraction of sp³-hybridized carbons (Fsp3) is 0.444. The zero-order valence-electron chi connectivity index (χ0n) is 6.92. The number of nitrogens with two attached hydrogens (primary N) is 1.